The lowest BCUT2D eigenvalue weighted by atomic mass is 10.1. The third kappa shape index (κ3) is 3.40. The number of anilines is 2. The summed E-state index contributed by atoms with van der Waals surface area (Å²) in [5, 5.41) is 13.9. The van der Waals surface area contributed by atoms with Gasteiger partial charge in [-0.2, -0.15) is 0 Å². The Labute approximate surface area is 139 Å². The highest BCUT2D eigenvalue weighted by Gasteiger charge is 2.07. The Balaban J connectivity index is 1.68. The normalized spacial score (nSPS) is 10.4. The number of nitrogens with one attached hydrogen (secondary N) is 1. The van der Waals surface area contributed by atoms with E-state index < -0.39 is 0 Å². The molecule has 0 aliphatic heterocycles. The van der Waals surface area contributed by atoms with E-state index in [4.69, 9.17) is 0 Å². The second kappa shape index (κ2) is 6.91. The Morgan fingerprint density at radius 2 is 1.83 bits per heavy atom. The average Bonchev–Trinajstić information content (AvgIpc) is 3.16. The number of nitrogens with zero attached hydrogens (tertiary/aromatic N) is 5. The maximum Gasteiger partial charge on any atom is 0.255 e. The zero-order valence-corrected chi connectivity index (χ0v) is 13.5. The standard InChI is InChI=1S/C17H18N6O/c1-3-22(2)15-8-4-13(5-9-15)17(24)19-14-6-10-16(11-7-14)23-12-18-20-21-23/h4-12H,3H2,1-2H3,(H,19,24). The highest BCUT2D eigenvalue weighted by atomic mass is 16.1. The lowest BCUT2D eigenvalue weighted by Crippen LogP contribution is -2.16. The predicted octanol–water partition coefficient (Wildman–Crippen LogP) is 2.37. The summed E-state index contributed by atoms with van der Waals surface area (Å²) in [7, 11) is 2.02. The van der Waals surface area contributed by atoms with Gasteiger partial charge in [0.2, 0.25) is 0 Å². The topological polar surface area (TPSA) is 75.9 Å². The summed E-state index contributed by atoms with van der Waals surface area (Å²) in [5.74, 6) is -0.143. The van der Waals surface area contributed by atoms with Gasteiger partial charge in [-0.3, -0.25) is 4.79 Å². The van der Waals surface area contributed by atoms with Gasteiger partial charge in [-0.25, -0.2) is 4.68 Å². The van der Waals surface area contributed by atoms with Crippen LogP contribution in [-0.4, -0.2) is 39.7 Å². The number of hydrogen-bond acceptors (Lipinski definition) is 5. The van der Waals surface area contributed by atoms with E-state index in [1.807, 2.05) is 55.6 Å². The minimum atomic E-state index is -0.143. The van der Waals surface area contributed by atoms with Gasteiger partial charge in [0.25, 0.3) is 5.91 Å². The van der Waals surface area contributed by atoms with E-state index in [0.29, 0.717) is 11.3 Å². The molecule has 0 unspecified atom stereocenters. The molecule has 3 rings (SSSR count). The fourth-order valence-corrected chi connectivity index (χ4v) is 2.23. The first kappa shape index (κ1) is 15.7. The van der Waals surface area contributed by atoms with Crippen LogP contribution in [0.5, 0.6) is 0 Å². The lowest BCUT2D eigenvalue weighted by molar-refractivity contribution is 0.102. The Morgan fingerprint density at radius 1 is 1.12 bits per heavy atom. The maximum atomic E-state index is 12.3. The van der Waals surface area contributed by atoms with Gasteiger partial charge >= 0.3 is 0 Å². The second-order valence-electron chi connectivity index (χ2n) is 5.32. The largest absolute Gasteiger partial charge is 0.375 e. The molecule has 0 atom stereocenters. The fraction of sp³-hybridized carbons (Fsp3) is 0.176. The molecule has 3 aromatic rings. The molecule has 1 heterocycles. The van der Waals surface area contributed by atoms with Crippen molar-refractivity contribution in [3.8, 4) is 5.69 Å². The molecule has 0 saturated carbocycles. The smallest absolute Gasteiger partial charge is 0.255 e. The van der Waals surface area contributed by atoms with Gasteiger partial charge in [-0.1, -0.05) is 0 Å². The zero-order chi connectivity index (χ0) is 16.9. The summed E-state index contributed by atoms with van der Waals surface area (Å²) >= 11 is 0. The Hall–Kier alpha value is -3.22. The molecular weight excluding hydrogens is 304 g/mol. The highest BCUT2D eigenvalue weighted by Crippen LogP contribution is 2.16. The van der Waals surface area contributed by atoms with Gasteiger partial charge in [0, 0.05) is 30.5 Å². The minimum Gasteiger partial charge on any atom is -0.375 e. The van der Waals surface area contributed by atoms with Crippen molar-refractivity contribution in [3.63, 3.8) is 0 Å². The molecule has 0 radical (unpaired) electrons. The van der Waals surface area contributed by atoms with Crippen LogP contribution in [0.1, 0.15) is 17.3 Å². The van der Waals surface area contributed by atoms with Gasteiger partial charge in [-0.05, 0) is 65.9 Å². The van der Waals surface area contributed by atoms with Crippen molar-refractivity contribution in [3.05, 3.63) is 60.4 Å². The molecule has 0 bridgehead atoms. The van der Waals surface area contributed by atoms with E-state index in [2.05, 4.69) is 32.7 Å². The zero-order valence-electron chi connectivity index (χ0n) is 13.5. The fourth-order valence-electron chi connectivity index (χ4n) is 2.23. The lowest BCUT2D eigenvalue weighted by Gasteiger charge is -2.16. The molecule has 24 heavy (non-hydrogen) atoms. The number of benzene rings is 2. The predicted molar refractivity (Wildman–Crippen MR) is 92.5 cm³/mol. The van der Waals surface area contributed by atoms with Crippen molar-refractivity contribution in [1.29, 1.82) is 0 Å². The van der Waals surface area contributed by atoms with Crippen molar-refractivity contribution < 1.29 is 4.79 Å². The number of rotatable bonds is 5. The van der Waals surface area contributed by atoms with E-state index in [0.717, 1.165) is 17.9 Å². The Morgan fingerprint density at radius 3 is 2.42 bits per heavy atom. The van der Waals surface area contributed by atoms with Crippen LogP contribution in [-0.2, 0) is 0 Å². The van der Waals surface area contributed by atoms with Crippen LogP contribution in [0.4, 0.5) is 11.4 Å². The molecule has 2 aromatic carbocycles. The number of tetrazole rings is 1. The summed E-state index contributed by atoms with van der Waals surface area (Å²) in [6.45, 7) is 3.00. The van der Waals surface area contributed by atoms with Gasteiger partial charge in [0.05, 0.1) is 5.69 Å². The van der Waals surface area contributed by atoms with E-state index in [1.54, 1.807) is 4.68 Å². The van der Waals surface area contributed by atoms with Crippen LogP contribution < -0.4 is 10.2 Å². The van der Waals surface area contributed by atoms with Crippen molar-refractivity contribution in [2.75, 3.05) is 23.8 Å². The van der Waals surface area contributed by atoms with Crippen LogP contribution in [0.3, 0.4) is 0 Å². The molecular formula is C17H18N6O. The van der Waals surface area contributed by atoms with Crippen LogP contribution in [0.2, 0.25) is 0 Å². The van der Waals surface area contributed by atoms with Gasteiger partial charge in [-0.15, -0.1) is 5.10 Å². The highest BCUT2D eigenvalue weighted by molar-refractivity contribution is 6.04. The van der Waals surface area contributed by atoms with Crippen molar-refractivity contribution in [2.24, 2.45) is 0 Å². The van der Waals surface area contributed by atoms with Crippen molar-refractivity contribution >= 4 is 17.3 Å². The molecule has 0 spiro atoms. The van der Waals surface area contributed by atoms with Crippen molar-refractivity contribution in [1.82, 2.24) is 20.2 Å². The molecule has 1 aromatic heterocycles. The number of amides is 1. The number of aromatic nitrogens is 4. The molecule has 1 amide bonds. The van der Waals surface area contributed by atoms with Crippen molar-refractivity contribution in [2.45, 2.75) is 6.92 Å². The molecule has 1 N–H and O–H groups in total. The number of carbonyl (C=O) groups is 1. The molecule has 0 aliphatic rings. The Bertz CT molecular complexity index is 796. The summed E-state index contributed by atoms with van der Waals surface area (Å²) in [5.41, 5.74) is 3.24. The van der Waals surface area contributed by atoms with Crippen LogP contribution in [0.25, 0.3) is 5.69 Å². The van der Waals surface area contributed by atoms with E-state index in [1.165, 1.54) is 6.33 Å². The van der Waals surface area contributed by atoms with E-state index in [9.17, 15) is 4.79 Å². The molecule has 0 fully saturated rings. The molecule has 122 valence electrons. The van der Waals surface area contributed by atoms with Gasteiger partial charge < -0.3 is 10.2 Å². The van der Waals surface area contributed by atoms with E-state index in [-0.39, 0.29) is 5.91 Å². The first-order valence-corrected chi connectivity index (χ1v) is 7.63. The SMILES string of the molecule is CCN(C)c1ccc(C(=O)Nc2ccc(-n3cnnn3)cc2)cc1. The summed E-state index contributed by atoms with van der Waals surface area (Å²) < 4.78 is 1.55. The first-order valence-electron chi connectivity index (χ1n) is 7.63. The van der Waals surface area contributed by atoms with Crippen LogP contribution in [0, 0.1) is 0 Å². The summed E-state index contributed by atoms with van der Waals surface area (Å²) in [6.07, 6.45) is 1.52. The van der Waals surface area contributed by atoms with Crippen LogP contribution in [0.15, 0.2) is 54.9 Å². The first-order chi connectivity index (χ1) is 11.7. The third-order valence-corrected chi connectivity index (χ3v) is 3.78. The second-order valence-corrected chi connectivity index (χ2v) is 5.32. The minimum absolute atomic E-state index is 0.143. The molecule has 7 nitrogen and oxygen atoms in total. The molecule has 0 aliphatic carbocycles. The molecule has 7 heteroatoms. The summed E-state index contributed by atoms with van der Waals surface area (Å²) in [4.78, 5) is 14.4. The van der Waals surface area contributed by atoms with Gasteiger partial charge in [0.15, 0.2) is 0 Å². The monoisotopic (exact) mass is 322 g/mol. The third-order valence-electron chi connectivity index (χ3n) is 3.78. The van der Waals surface area contributed by atoms with Gasteiger partial charge in [0.1, 0.15) is 6.33 Å². The average molecular weight is 322 g/mol. The van der Waals surface area contributed by atoms with Crippen LogP contribution >= 0.6 is 0 Å². The number of carbonyl (C=O) groups excluding carboxylic acids is 1. The quantitative estimate of drug-likeness (QED) is 0.780. The summed E-state index contributed by atoms with van der Waals surface area (Å²) in [6, 6.07) is 14.8. The maximum absolute atomic E-state index is 12.3. The Kier molecular flexibility index (Phi) is 4.51. The number of hydrogen-bond donors (Lipinski definition) is 1. The molecule has 0 saturated heterocycles. The van der Waals surface area contributed by atoms with E-state index >= 15 is 0 Å².